The third kappa shape index (κ3) is 3.30. The molecule has 2 rings (SSSR count). The molecule has 1 heterocycles. The van der Waals surface area contributed by atoms with Crippen molar-refractivity contribution in [3.05, 3.63) is 56.9 Å². The first-order valence-electron chi connectivity index (χ1n) is 6.67. The lowest BCUT2D eigenvalue weighted by atomic mass is 9.99. The van der Waals surface area contributed by atoms with E-state index in [1.807, 2.05) is 20.2 Å². The van der Waals surface area contributed by atoms with Crippen LogP contribution in [-0.2, 0) is 0 Å². The maximum atomic E-state index is 5.54. The molecule has 0 aliphatic rings. The van der Waals surface area contributed by atoms with Crippen molar-refractivity contribution in [2.24, 2.45) is 0 Å². The van der Waals surface area contributed by atoms with Crippen LogP contribution in [-0.4, -0.2) is 18.6 Å². The van der Waals surface area contributed by atoms with Gasteiger partial charge in [0.25, 0.3) is 0 Å². The van der Waals surface area contributed by atoms with E-state index in [1.165, 1.54) is 14.7 Å². The first-order valence-corrected chi connectivity index (χ1v) is 7.75. The van der Waals surface area contributed by atoms with E-state index in [0.717, 1.165) is 11.3 Å². The zero-order valence-electron chi connectivity index (χ0n) is 12.0. The number of nitrogens with one attached hydrogen (secondary N) is 1. The maximum Gasteiger partial charge on any atom is 0.137 e. The largest absolute Gasteiger partial charge is 0.492 e. The summed E-state index contributed by atoms with van der Waals surface area (Å²) < 4.78 is 6.82. The molecule has 0 bridgehead atoms. The molecule has 2 aromatic rings. The van der Waals surface area contributed by atoms with Gasteiger partial charge < -0.3 is 10.1 Å². The molecular formula is C16H19IN2O. The summed E-state index contributed by atoms with van der Waals surface area (Å²) in [6.07, 6.45) is 3.64. The van der Waals surface area contributed by atoms with E-state index in [9.17, 15) is 0 Å². The summed E-state index contributed by atoms with van der Waals surface area (Å²) in [5.74, 6) is 0.813. The zero-order chi connectivity index (χ0) is 14.5. The SMILES string of the molecule is CCOc1cncc(C(NC)c2cccc(C)c2I)c1. The number of pyridine rings is 1. The molecule has 0 fully saturated rings. The number of aromatic nitrogens is 1. The van der Waals surface area contributed by atoms with Gasteiger partial charge >= 0.3 is 0 Å². The quantitative estimate of drug-likeness (QED) is 0.801. The Kier molecular flexibility index (Phi) is 5.37. The average molecular weight is 382 g/mol. The number of rotatable bonds is 5. The van der Waals surface area contributed by atoms with E-state index in [2.05, 4.69) is 64.1 Å². The van der Waals surface area contributed by atoms with Crippen LogP contribution in [0.5, 0.6) is 5.75 Å². The van der Waals surface area contributed by atoms with Crippen molar-refractivity contribution in [3.8, 4) is 5.75 Å². The highest BCUT2D eigenvalue weighted by Gasteiger charge is 2.16. The van der Waals surface area contributed by atoms with E-state index in [-0.39, 0.29) is 6.04 Å². The normalized spacial score (nSPS) is 12.2. The lowest BCUT2D eigenvalue weighted by molar-refractivity contribution is 0.338. The highest BCUT2D eigenvalue weighted by atomic mass is 127. The van der Waals surface area contributed by atoms with Gasteiger partial charge in [-0.2, -0.15) is 0 Å². The Bertz CT molecular complexity index is 586. The second-order valence-corrected chi connectivity index (χ2v) is 5.67. The molecule has 0 aliphatic carbocycles. The molecule has 4 heteroatoms. The van der Waals surface area contributed by atoms with Crippen LogP contribution < -0.4 is 10.1 Å². The number of aryl methyl sites for hydroxylation is 1. The van der Waals surface area contributed by atoms with Crippen molar-refractivity contribution < 1.29 is 4.74 Å². The van der Waals surface area contributed by atoms with Crippen LogP contribution in [0.1, 0.15) is 29.7 Å². The maximum absolute atomic E-state index is 5.54. The molecule has 0 radical (unpaired) electrons. The van der Waals surface area contributed by atoms with E-state index < -0.39 is 0 Å². The number of benzene rings is 1. The Morgan fingerprint density at radius 2 is 2.15 bits per heavy atom. The van der Waals surface area contributed by atoms with Crippen LogP contribution in [0.3, 0.4) is 0 Å². The van der Waals surface area contributed by atoms with Gasteiger partial charge in [0.1, 0.15) is 5.75 Å². The number of ether oxygens (including phenoxy) is 1. The minimum Gasteiger partial charge on any atom is -0.492 e. The molecule has 3 nitrogen and oxygen atoms in total. The van der Waals surface area contributed by atoms with Gasteiger partial charge in [0, 0.05) is 9.77 Å². The van der Waals surface area contributed by atoms with Gasteiger partial charge in [-0.3, -0.25) is 4.98 Å². The highest BCUT2D eigenvalue weighted by Crippen LogP contribution is 2.29. The van der Waals surface area contributed by atoms with Crippen LogP contribution in [0, 0.1) is 10.5 Å². The van der Waals surface area contributed by atoms with Crippen LogP contribution in [0.4, 0.5) is 0 Å². The molecule has 0 amide bonds. The predicted molar refractivity (Wildman–Crippen MR) is 90.2 cm³/mol. The van der Waals surface area contributed by atoms with E-state index in [0.29, 0.717) is 6.61 Å². The first-order chi connectivity index (χ1) is 9.67. The molecule has 0 saturated carbocycles. The van der Waals surface area contributed by atoms with Crippen LogP contribution in [0.2, 0.25) is 0 Å². The Labute approximate surface area is 133 Å². The fourth-order valence-electron chi connectivity index (χ4n) is 2.23. The van der Waals surface area contributed by atoms with Crippen molar-refractivity contribution >= 4 is 22.6 Å². The molecule has 0 spiro atoms. The van der Waals surface area contributed by atoms with E-state index >= 15 is 0 Å². The third-order valence-electron chi connectivity index (χ3n) is 3.20. The molecular weight excluding hydrogens is 363 g/mol. The van der Waals surface area contributed by atoms with Crippen molar-refractivity contribution in [3.63, 3.8) is 0 Å². The minimum absolute atomic E-state index is 0.120. The molecule has 1 unspecified atom stereocenters. The molecule has 1 atom stereocenters. The van der Waals surface area contributed by atoms with E-state index in [4.69, 9.17) is 4.74 Å². The molecule has 1 aromatic heterocycles. The van der Waals surface area contributed by atoms with Crippen molar-refractivity contribution in [2.75, 3.05) is 13.7 Å². The molecule has 20 heavy (non-hydrogen) atoms. The Morgan fingerprint density at radius 3 is 2.85 bits per heavy atom. The highest BCUT2D eigenvalue weighted by molar-refractivity contribution is 14.1. The van der Waals surface area contributed by atoms with Gasteiger partial charge in [-0.1, -0.05) is 18.2 Å². The fourth-order valence-corrected chi connectivity index (χ4v) is 2.90. The number of hydrogen-bond donors (Lipinski definition) is 1. The lowest BCUT2D eigenvalue weighted by Crippen LogP contribution is -2.19. The van der Waals surface area contributed by atoms with Crippen LogP contribution in [0.25, 0.3) is 0 Å². The zero-order valence-corrected chi connectivity index (χ0v) is 14.1. The second-order valence-electron chi connectivity index (χ2n) is 4.59. The summed E-state index contributed by atoms with van der Waals surface area (Å²) >= 11 is 2.40. The van der Waals surface area contributed by atoms with Gasteiger partial charge in [0.15, 0.2) is 0 Å². The summed E-state index contributed by atoms with van der Waals surface area (Å²) in [6.45, 7) is 4.76. The van der Waals surface area contributed by atoms with Crippen molar-refractivity contribution in [2.45, 2.75) is 19.9 Å². The molecule has 1 N–H and O–H groups in total. The topological polar surface area (TPSA) is 34.1 Å². The average Bonchev–Trinajstić information content (AvgIpc) is 2.45. The number of halogens is 1. The predicted octanol–water partition coefficient (Wildman–Crippen LogP) is 3.70. The fraction of sp³-hybridized carbons (Fsp3) is 0.312. The third-order valence-corrected chi connectivity index (χ3v) is 4.67. The summed E-state index contributed by atoms with van der Waals surface area (Å²) in [5.41, 5.74) is 3.67. The summed E-state index contributed by atoms with van der Waals surface area (Å²) in [4.78, 5) is 4.28. The summed E-state index contributed by atoms with van der Waals surface area (Å²) in [6, 6.07) is 8.55. The van der Waals surface area contributed by atoms with Gasteiger partial charge in [0.2, 0.25) is 0 Å². The molecule has 1 aromatic carbocycles. The lowest BCUT2D eigenvalue weighted by Gasteiger charge is -2.20. The number of nitrogens with zero attached hydrogens (tertiary/aromatic N) is 1. The smallest absolute Gasteiger partial charge is 0.137 e. The van der Waals surface area contributed by atoms with Gasteiger partial charge in [-0.15, -0.1) is 0 Å². The summed E-state index contributed by atoms with van der Waals surface area (Å²) in [5, 5.41) is 3.37. The minimum atomic E-state index is 0.120. The van der Waals surface area contributed by atoms with Crippen molar-refractivity contribution in [1.82, 2.24) is 10.3 Å². The second kappa shape index (κ2) is 7.04. The van der Waals surface area contributed by atoms with Gasteiger partial charge in [0.05, 0.1) is 18.8 Å². The molecule has 106 valence electrons. The Morgan fingerprint density at radius 1 is 1.35 bits per heavy atom. The Hall–Kier alpha value is -1.14. The first kappa shape index (κ1) is 15.3. The van der Waals surface area contributed by atoms with Gasteiger partial charge in [-0.25, -0.2) is 0 Å². The summed E-state index contributed by atoms with van der Waals surface area (Å²) in [7, 11) is 1.97. The monoisotopic (exact) mass is 382 g/mol. The standard InChI is InChI=1S/C16H19IN2O/c1-4-20-13-8-12(9-19-10-13)16(18-3)14-7-5-6-11(2)15(14)17/h5-10,16,18H,4H2,1-3H3. The Balaban J connectivity index is 2.41. The van der Waals surface area contributed by atoms with Crippen LogP contribution >= 0.6 is 22.6 Å². The molecule has 0 aliphatic heterocycles. The van der Waals surface area contributed by atoms with Gasteiger partial charge in [-0.05, 0) is 66.2 Å². The van der Waals surface area contributed by atoms with Crippen molar-refractivity contribution in [1.29, 1.82) is 0 Å². The molecule has 0 saturated heterocycles. The number of hydrogen-bond acceptors (Lipinski definition) is 3. The van der Waals surface area contributed by atoms with E-state index in [1.54, 1.807) is 6.20 Å². The van der Waals surface area contributed by atoms with Crippen LogP contribution in [0.15, 0.2) is 36.7 Å².